The van der Waals surface area contributed by atoms with Crippen molar-refractivity contribution in [2.75, 3.05) is 19.0 Å². The Kier molecular flexibility index (Phi) is 3.19. The highest BCUT2D eigenvalue weighted by Crippen LogP contribution is 2.07. The van der Waals surface area contributed by atoms with Gasteiger partial charge in [0.1, 0.15) is 5.82 Å². The van der Waals surface area contributed by atoms with Crippen LogP contribution in [0.2, 0.25) is 0 Å². The summed E-state index contributed by atoms with van der Waals surface area (Å²) in [6.45, 7) is 0. The molecule has 1 rings (SSSR count). The fraction of sp³-hybridized carbons (Fsp3) is 0.333. The minimum absolute atomic E-state index is 0.499. The molecule has 1 heterocycles. The van der Waals surface area contributed by atoms with E-state index < -0.39 is 0 Å². The first-order valence-electron chi connectivity index (χ1n) is 4.00. The first-order chi connectivity index (χ1) is 6.09. The highest BCUT2D eigenvalue weighted by Gasteiger charge is 1.98. The highest BCUT2D eigenvalue weighted by atomic mass is 32.1. The smallest absolute Gasteiger partial charge is 0.127 e. The highest BCUT2D eigenvalue weighted by molar-refractivity contribution is 7.80. The second-order valence-corrected chi connectivity index (χ2v) is 3.59. The average molecular weight is 195 g/mol. The molecule has 0 aliphatic rings. The Labute approximate surface area is 83.6 Å². The van der Waals surface area contributed by atoms with E-state index >= 15 is 0 Å². The zero-order chi connectivity index (χ0) is 9.84. The largest absolute Gasteiger partial charge is 0.393 e. The minimum atomic E-state index is 0.499. The van der Waals surface area contributed by atoms with Gasteiger partial charge in [-0.15, -0.1) is 0 Å². The second kappa shape index (κ2) is 4.18. The molecule has 0 aromatic carbocycles. The van der Waals surface area contributed by atoms with E-state index in [1.807, 2.05) is 31.1 Å². The molecule has 0 fully saturated rings. The van der Waals surface area contributed by atoms with Crippen molar-refractivity contribution in [1.29, 1.82) is 0 Å². The van der Waals surface area contributed by atoms with Crippen LogP contribution in [0.5, 0.6) is 0 Å². The van der Waals surface area contributed by atoms with Crippen LogP contribution in [0.3, 0.4) is 0 Å². The number of hydrogen-bond donors (Lipinski definition) is 1. The van der Waals surface area contributed by atoms with E-state index in [0.29, 0.717) is 11.4 Å². The topological polar surface area (TPSA) is 42.1 Å². The van der Waals surface area contributed by atoms with Crippen LogP contribution in [-0.4, -0.2) is 24.1 Å². The molecule has 0 saturated heterocycles. The van der Waals surface area contributed by atoms with Crippen molar-refractivity contribution in [3.8, 4) is 0 Å². The molecule has 0 spiro atoms. The Hall–Kier alpha value is -1.16. The Morgan fingerprint density at radius 1 is 1.54 bits per heavy atom. The van der Waals surface area contributed by atoms with Crippen molar-refractivity contribution in [2.24, 2.45) is 5.73 Å². The predicted octanol–water partition coefficient (Wildman–Crippen LogP) is 0.976. The van der Waals surface area contributed by atoms with Gasteiger partial charge in [0.05, 0.1) is 4.99 Å². The van der Waals surface area contributed by atoms with E-state index in [9.17, 15) is 0 Å². The summed E-state index contributed by atoms with van der Waals surface area (Å²) in [5.41, 5.74) is 6.47. The second-order valence-electron chi connectivity index (χ2n) is 3.06. The lowest BCUT2D eigenvalue weighted by atomic mass is 10.2. The quantitative estimate of drug-likeness (QED) is 0.730. The van der Waals surface area contributed by atoms with Crippen LogP contribution in [-0.2, 0) is 6.42 Å². The number of anilines is 1. The number of aromatic nitrogens is 1. The van der Waals surface area contributed by atoms with Crippen molar-refractivity contribution < 1.29 is 0 Å². The van der Waals surface area contributed by atoms with Crippen LogP contribution < -0.4 is 10.6 Å². The summed E-state index contributed by atoms with van der Waals surface area (Å²) >= 11 is 4.80. The van der Waals surface area contributed by atoms with Gasteiger partial charge in [0.2, 0.25) is 0 Å². The third-order valence-electron chi connectivity index (χ3n) is 1.65. The van der Waals surface area contributed by atoms with Crippen molar-refractivity contribution in [2.45, 2.75) is 6.42 Å². The summed E-state index contributed by atoms with van der Waals surface area (Å²) in [5, 5.41) is 0. The molecular formula is C9H13N3S. The molecule has 0 atom stereocenters. The molecule has 1 aromatic heterocycles. The number of nitrogens with zero attached hydrogens (tertiary/aromatic N) is 2. The van der Waals surface area contributed by atoms with Crippen LogP contribution in [0.4, 0.5) is 5.82 Å². The van der Waals surface area contributed by atoms with Crippen molar-refractivity contribution in [1.82, 2.24) is 4.98 Å². The van der Waals surface area contributed by atoms with Gasteiger partial charge in [-0.1, -0.05) is 18.3 Å². The minimum Gasteiger partial charge on any atom is -0.393 e. The molecule has 70 valence electrons. The molecule has 13 heavy (non-hydrogen) atoms. The molecular weight excluding hydrogens is 182 g/mol. The fourth-order valence-corrected chi connectivity index (χ4v) is 1.15. The molecule has 0 amide bonds. The van der Waals surface area contributed by atoms with E-state index in [1.165, 1.54) is 0 Å². The van der Waals surface area contributed by atoms with E-state index in [-0.39, 0.29) is 0 Å². The van der Waals surface area contributed by atoms with Crippen LogP contribution in [0.1, 0.15) is 5.56 Å². The third-order valence-corrected chi connectivity index (χ3v) is 1.79. The summed E-state index contributed by atoms with van der Waals surface area (Å²) < 4.78 is 0. The van der Waals surface area contributed by atoms with Crippen LogP contribution in [0, 0.1) is 0 Å². The van der Waals surface area contributed by atoms with Gasteiger partial charge in [0.25, 0.3) is 0 Å². The lowest BCUT2D eigenvalue weighted by Gasteiger charge is -2.10. The Morgan fingerprint density at radius 2 is 2.23 bits per heavy atom. The van der Waals surface area contributed by atoms with Gasteiger partial charge in [0.15, 0.2) is 0 Å². The summed E-state index contributed by atoms with van der Waals surface area (Å²) in [4.78, 5) is 6.69. The monoisotopic (exact) mass is 195 g/mol. The molecule has 0 bridgehead atoms. The van der Waals surface area contributed by atoms with Gasteiger partial charge < -0.3 is 10.6 Å². The number of pyridine rings is 1. The lowest BCUT2D eigenvalue weighted by molar-refractivity contribution is 1.06. The van der Waals surface area contributed by atoms with E-state index in [0.717, 1.165) is 11.4 Å². The first kappa shape index (κ1) is 9.92. The first-order valence-corrected chi connectivity index (χ1v) is 4.41. The van der Waals surface area contributed by atoms with Gasteiger partial charge in [-0.3, -0.25) is 0 Å². The predicted molar refractivity (Wildman–Crippen MR) is 59.1 cm³/mol. The maximum Gasteiger partial charge on any atom is 0.127 e. The third kappa shape index (κ3) is 2.99. The zero-order valence-electron chi connectivity index (χ0n) is 7.82. The summed E-state index contributed by atoms with van der Waals surface area (Å²) in [7, 11) is 3.91. The molecule has 0 aliphatic heterocycles. The molecule has 0 radical (unpaired) electrons. The SMILES string of the molecule is CN(C)c1ccc(CC(N)=S)cn1. The summed E-state index contributed by atoms with van der Waals surface area (Å²) in [6.07, 6.45) is 2.42. The summed E-state index contributed by atoms with van der Waals surface area (Å²) in [5.74, 6) is 0.937. The number of nitrogens with two attached hydrogens (primary N) is 1. The Morgan fingerprint density at radius 3 is 2.62 bits per heavy atom. The van der Waals surface area contributed by atoms with Crippen LogP contribution in [0.15, 0.2) is 18.3 Å². The zero-order valence-corrected chi connectivity index (χ0v) is 8.64. The maximum absolute atomic E-state index is 5.42. The van der Waals surface area contributed by atoms with Gasteiger partial charge >= 0.3 is 0 Å². The normalized spacial score (nSPS) is 9.69. The molecule has 4 heteroatoms. The van der Waals surface area contributed by atoms with Crippen molar-refractivity contribution in [3.63, 3.8) is 0 Å². The van der Waals surface area contributed by atoms with E-state index in [2.05, 4.69) is 4.98 Å². The molecule has 0 unspecified atom stereocenters. The molecule has 0 aliphatic carbocycles. The van der Waals surface area contributed by atoms with Crippen molar-refractivity contribution in [3.05, 3.63) is 23.9 Å². The fourth-order valence-electron chi connectivity index (χ4n) is 0.987. The Bertz CT molecular complexity index is 292. The number of thiocarbonyl (C=S) groups is 1. The van der Waals surface area contributed by atoms with Gasteiger partial charge in [-0.05, 0) is 11.6 Å². The average Bonchev–Trinajstić information content (AvgIpc) is 2.04. The molecule has 2 N–H and O–H groups in total. The van der Waals surface area contributed by atoms with Gasteiger partial charge in [-0.2, -0.15) is 0 Å². The van der Waals surface area contributed by atoms with Gasteiger partial charge in [-0.25, -0.2) is 4.98 Å². The van der Waals surface area contributed by atoms with Crippen molar-refractivity contribution >= 4 is 23.0 Å². The van der Waals surface area contributed by atoms with E-state index in [1.54, 1.807) is 6.20 Å². The number of rotatable bonds is 3. The molecule has 1 aromatic rings. The van der Waals surface area contributed by atoms with Crippen LogP contribution in [0.25, 0.3) is 0 Å². The Balaban J connectivity index is 2.75. The summed E-state index contributed by atoms with van der Waals surface area (Å²) in [6, 6.07) is 3.94. The van der Waals surface area contributed by atoms with Gasteiger partial charge in [0, 0.05) is 26.7 Å². The molecule has 0 saturated carbocycles. The lowest BCUT2D eigenvalue weighted by Crippen LogP contribution is -2.13. The maximum atomic E-state index is 5.42. The molecule has 3 nitrogen and oxygen atoms in total. The number of hydrogen-bond acceptors (Lipinski definition) is 3. The van der Waals surface area contributed by atoms with Crippen LogP contribution >= 0.6 is 12.2 Å². The standard InChI is InChI=1S/C9H13N3S/c1-12(2)9-4-3-7(6-11-9)5-8(10)13/h3-4,6H,5H2,1-2H3,(H2,10,13). The van der Waals surface area contributed by atoms with E-state index in [4.69, 9.17) is 18.0 Å².